The number of carbonyl (C=O) groups excluding carboxylic acids is 1. The van der Waals surface area contributed by atoms with Gasteiger partial charge in [0.15, 0.2) is 0 Å². The van der Waals surface area contributed by atoms with Gasteiger partial charge in [0.25, 0.3) is 0 Å². The molecule has 1 aromatic rings. The predicted octanol–water partition coefficient (Wildman–Crippen LogP) is 3.63. The lowest BCUT2D eigenvalue weighted by Gasteiger charge is -2.33. The number of nitrogens with one attached hydrogen (secondary N) is 1. The summed E-state index contributed by atoms with van der Waals surface area (Å²) in [4.78, 5) is 16.3. The predicted molar refractivity (Wildman–Crippen MR) is 80.9 cm³/mol. The van der Waals surface area contributed by atoms with Crippen molar-refractivity contribution in [3.05, 3.63) is 18.2 Å². The van der Waals surface area contributed by atoms with Gasteiger partial charge in [-0.05, 0) is 12.8 Å². The molecule has 1 aliphatic carbocycles. The zero-order chi connectivity index (χ0) is 17.0. The van der Waals surface area contributed by atoms with Crippen molar-refractivity contribution >= 4 is 5.91 Å². The number of rotatable bonds is 5. The highest BCUT2D eigenvalue weighted by atomic mass is 19.4. The molecule has 4 nitrogen and oxygen atoms in total. The summed E-state index contributed by atoms with van der Waals surface area (Å²) < 4.78 is 41.0. The van der Waals surface area contributed by atoms with Gasteiger partial charge in [-0.2, -0.15) is 13.2 Å². The van der Waals surface area contributed by atoms with Gasteiger partial charge in [-0.1, -0.05) is 26.7 Å². The topological polar surface area (TPSA) is 46.9 Å². The highest BCUT2D eigenvalue weighted by Crippen LogP contribution is 2.37. The molecule has 0 aromatic carbocycles. The molecule has 2 rings (SSSR count). The first-order chi connectivity index (χ1) is 10.8. The summed E-state index contributed by atoms with van der Waals surface area (Å²) in [5.74, 6) is -0.626. The third kappa shape index (κ3) is 4.72. The van der Waals surface area contributed by atoms with E-state index in [9.17, 15) is 18.0 Å². The second-order valence-electron chi connectivity index (χ2n) is 6.49. The second kappa shape index (κ2) is 7.36. The summed E-state index contributed by atoms with van der Waals surface area (Å²) in [6.07, 6.45) is 1.20. The van der Waals surface area contributed by atoms with Crippen LogP contribution in [0.2, 0.25) is 0 Å². The number of nitrogens with zero attached hydrogens (tertiary/aromatic N) is 2. The zero-order valence-electron chi connectivity index (χ0n) is 13.6. The first-order valence-electron chi connectivity index (χ1n) is 8.16. The van der Waals surface area contributed by atoms with Gasteiger partial charge >= 0.3 is 6.18 Å². The molecule has 1 fully saturated rings. The fourth-order valence-corrected chi connectivity index (χ4v) is 3.21. The van der Waals surface area contributed by atoms with Crippen LogP contribution in [0.3, 0.4) is 0 Å². The van der Waals surface area contributed by atoms with Crippen molar-refractivity contribution in [1.82, 2.24) is 14.9 Å². The third-order valence-corrected chi connectivity index (χ3v) is 4.38. The maximum atomic E-state index is 13.0. The van der Waals surface area contributed by atoms with Crippen molar-refractivity contribution in [3.63, 3.8) is 0 Å². The molecule has 1 N–H and O–H groups in total. The van der Waals surface area contributed by atoms with Gasteiger partial charge in [0, 0.05) is 37.3 Å². The molecule has 7 heteroatoms. The first-order valence-corrected chi connectivity index (χ1v) is 8.16. The lowest BCUT2D eigenvalue weighted by molar-refractivity contribution is -0.189. The van der Waals surface area contributed by atoms with Crippen molar-refractivity contribution in [3.8, 4) is 0 Å². The van der Waals surface area contributed by atoms with Gasteiger partial charge in [0.05, 0.1) is 5.92 Å². The van der Waals surface area contributed by atoms with Crippen molar-refractivity contribution in [2.45, 2.75) is 70.6 Å². The summed E-state index contributed by atoms with van der Waals surface area (Å²) in [7, 11) is 0. The maximum Gasteiger partial charge on any atom is 0.393 e. The number of alkyl halides is 3. The Morgan fingerprint density at radius 3 is 2.74 bits per heavy atom. The van der Waals surface area contributed by atoms with Gasteiger partial charge in [-0.3, -0.25) is 4.79 Å². The molecule has 23 heavy (non-hydrogen) atoms. The van der Waals surface area contributed by atoms with Crippen molar-refractivity contribution in [1.29, 1.82) is 0 Å². The van der Waals surface area contributed by atoms with Gasteiger partial charge < -0.3 is 9.88 Å². The molecule has 0 aliphatic heterocycles. The highest BCUT2D eigenvalue weighted by Gasteiger charge is 2.45. The molecule has 130 valence electrons. The zero-order valence-corrected chi connectivity index (χ0v) is 13.6. The van der Waals surface area contributed by atoms with Crippen LogP contribution < -0.4 is 5.32 Å². The van der Waals surface area contributed by atoms with Crippen LogP contribution in [0.4, 0.5) is 13.2 Å². The van der Waals surface area contributed by atoms with Crippen molar-refractivity contribution in [2.24, 2.45) is 5.92 Å². The SMILES string of the molecule is CC(C)c1nccn1CCC(=O)N[C@@H]1CCCC[C@@H]1C(F)(F)F. The van der Waals surface area contributed by atoms with Crippen LogP contribution in [-0.4, -0.2) is 27.7 Å². The fraction of sp³-hybridized carbons (Fsp3) is 0.750. The molecule has 1 saturated carbocycles. The van der Waals surface area contributed by atoms with E-state index in [0.29, 0.717) is 19.4 Å². The van der Waals surface area contributed by atoms with Crippen molar-refractivity contribution in [2.75, 3.05) is 0 Å². The van der Waals surface area contributed by atoms with Crippen LogP contribution in [0.1, 0.15) is 57.7 Å². The Kier molecular flexibility index (Phi) is 5.70. The van der Waals surface area contributed by atoms with E-state index in [0.717, 1.165) is 12.2 Å². The van der Waals surface area contributed by atoms with E-state index in [-0.39, 0.29) is 24.7 Å². The summed E-state index contributed by atoms with van der Waals surface area (Å²) >= 11 is 0. The molecule has 1 heterocycles. The number of carbonyl (C=O) groups is 1. The number of amides is 1. The average Bonchev–Trinajstić information content (AvgIpc) is 2.93. The van der Waals surface area contributed by atoms with Crippen LogP contribution in [0.25, 0.3) is 0 Å². The van der Waals surface area contributed by atoms with Gasteiger partial charge in [0.1, 0.15) is 5.82 Å². The quantitative estimate of drug-likeness (QED) is 0.895. The summed E-state index contributed by atoms with van der Waals surface area (Å²) in [5, 5.41) is 2.59. The number of aryl methyl sites for hydroxylation is 1. The second-order valence-corrected chi connectivity index (χ2v) is 6.49. The molecule has 0 unspecified atom stereocenters. The molecule has 1 amide bonds. The Hall–Kier alpha value is -1.53. The normalized spacial score (nSPS) is 22.3. The minimum atomic E-state index is -4.24. The van der Waals surface area contributed by atoms with Crippen LogP contribution in [0.15, 0.2) is 12.4 Å². The number of hydrogen-bond donors (Lipinski definition) is 1. The Balaban J connectivity index is 1.89. The molecule has 0 bridgehead atoms. The third-order valence-electron chi connectivity index (χ3n) is 4.38. The Morgan fingerprint density at radius 1 is 1.39 bits per heavy atom. The van der Waals surface area contributed by atoms with E-state index < -0.39 is 18.1 Å². The standard InChI is InChI=1S/C16H24F3N3O/c1-11(2)15-20-8-10-22(15)9-7-14(23)21-13-6-4-3-5-12(13)16(17,18)19/h8,10-13H,3-7,9H2,1-2H3,(H,21,23)/t12-,13+/m0/s1. The van der Waals surface area contributed by atoms with E-state index in [2.05, 4.69) is 10.3 Å². The van der Waals surface area contributed by atoms with Crippen LogP contribution in [-0.2, 0) is 11.3 Å². The maximum absolute atomic E-state index is 13.0. The summed E-state index contributed by atoms with van der Waals surface area (Å²) in [5.41, 5.74) is 0. The monoisotopic (exact) mass is 331 g/mol. The van der Waals surface area contributed by atoms with E-state index in [4.69, 9.17) is 0 Å². The lowest BCUT2D eigenvalue weighted by atomic mass is 9.84. The smallest absolute Gasteiger partial charge is 0.353 e. The van der Waals surface area contributed by atoms with Crippen molar-refractivity contribution < 1.29 is 18.0 Å². The Morgan fingerprint density at radius 2 is 2.09 bits per heavy atom. The lowest BCUT2D eigenvalue weighted by Crippen LogP contribution is -2.47. The van der Waals surface area contributed by atoms with Gasteiger partial charge in [0.2, 0.25) is 5.91 Å². The Bertz CT molecular complexity index is 525. The van der Waals surface area contributed by atoms with E-state index in [1.54, 1.807) is 12.4 Å². The number of imidazole rings is 1. The molecule has 1 aliphatic rings. The Labute approximate surface area is 134 Å². The number of hydrogen-bond acceptors (Lipinski definition) is 2. The summed E-state index contributed by atoms with van der Waals surface area (Å²) in [6.45, 7) is 4.45. The molecule has 0 saturated heterocycles. The molecule has 1 aromatic heterocycles. The van der Waals surface area contributed by atoms with Gasteiger partial charge in [-0.15, -0.1) is 0 Å². The highest BCUT2D eigenvalue weighted by molar-refractivity contribution is 5.76. The molecule has 2 atom stereocenters. The number of aromatic nitrogens is 2. The molecule has 0 radical (unpaired) electrons. The fourth-order valence-electron chi connectivity index (χ4n) is 3.21. The van der Waals surface area contributed by atoms with Crippen LogP contribution in [0.5, 0.6) is 0 Å². The van der Waals surface area contributed by atoms with Gasteiger partial charge in [-0.25, -0.2) is 4.98 Å². The van der Waals surface area contributed by atoms with E-state index in [1.807, 2.05) is 18.4 Å². The van der Waals surface area contributed by atoms with E-state index >= 15 is 0 Å². The molecular formula is C16H24F3N3O. The van der Waals surface area contributed by atoms with Crippen LogP contribution >= 0.6 is 0 Å². The molecule has 0 spiro atoms. The minimum absolute atomic E-state index is 0.105. The molecular weight excluding hydrogens is 307 g/mol. The van der Waals surface area contributed by atoms with Crippen LogP contribution in [0, 0.1) is 5.92 Å². The largest absolute Gasteiger partial charge is 0.393 e. The van der Waals surface area contributed by atoms with E-state index in [1.165, 1.54) is 0 Å². The summed E-state index contributed by atoms with van der Waals surface area (Å²) in [6, 6.07) is -0.788. The first kappa shape index (κ1) is 17.8. The minimum Gasteiger partial charge on any atom is -0.353 e. The number of halogens is 3. The average molecular weight is 331 g/mol.